The quantitative estimate of drug-likeness (QED) is 0.503. The van der Waals surface area contributed by atoms with Crippen LogP contribution < -0.4 is 10.9 Å². The highest BCUT2D eigenvalue weighted by molar-refractivity contribution is 7.92. The topological polar surface area (TPSA) is 110 Å². The third kappa shape index (κ3) is 3.72. The highest BCUT2D eigenvalue weighted by Gasteiger charge is 2.30. The fraction of sp³-hybridized carbons (Fsp3) is 0.227. The van der Waals surface area contributed by atoms with E-state index in [1.54, 1.807) is 45.0 Å². The molecule has 4 aromatic rings. The normalized spacial score (nSPS) is 12.3. The fourth-order valence-electron chi connectivity index (χ4n) is 3.18. The molecular weight excluding hydrogens is 414 g/mol. The Hall–Kier alpha value is -3.46. The third-order valence-electron chi connectivity index (χ3n) is 4.96. The average Bonchev–Trinajstić information content (AvgIpc) is 3.14. The first-order valence-electron chi connectivity index (χ1n) is 9.74. The highest BCUT2D eigenvalue weighted by atomic mass is 32.2. The van der Waals surface area contributed by atoms with Gasteiger partial charge in [-0.2, -0.15) is 9.78 Å². The van der Waals surface area contributed by atoms with Crippen LogP contribution in [0.15, 0.2) is 64.3 Å². The summed E-state index contributed by atoms with van der Waals surface area (Å²) in [7, 11) is -3.50. The second kappa shape index (κ2) is 7.35. The van der Waals surface area contributed by atoms with Crippen molar-refractivity contribution in [2.75, 3.05) is 5.32 Å². The van der Waals surface area contributed by atoms with Gasteiger partial charge in [0.25, 0.3) is 5.56 Å². The van der Waals surface area contributed by atoms with Gasteiger partial charge >= 0.3 is 0 Å². The summed E-state index contributed by atoms with van der Waals surface area (Å²) in [5, 5.41) is 15.8. The van der Waals surface area contributed by atoms with Gasteiger partial charge in [0.2, 0.25) is 0 Å². The van der Waals surface area contributed by atoms with Crippen molar-refractivity contribution in [3.63, 3.8) is 0 Å². The molecule has 9 heteroatoms. The molecule has 2 aromatic carbocycles. The molecule has 0 aliphatic rings. The number of H-pyrrole nitrogens is 1. The van der Waals surface area contributed by atoms with Gasteiger partial charge in [-0.15, -0.1) is 5.10 Å². The SMILES string of the molecule is Cc1cc(Nc2nn(-c3ccc(S(=O)(=O)C(C)(C)C)cc3)c(=O)c3ccccc23)n[nH]1. The molecule has 2 heterocycles. The molecule has 31 heavy (non-hydrogen) atoms. The van der Waals surface area contributed by atoms with Crippen LogP contribution in [0.2, 0.25) is 0 Å². The van der Waals surface area contributed by atoms with Crippen LogP contribution in [0, 0.1) is 6.92 Å². The van der Waals surface area contributed by atoms with E-state index >= 15 is 0 Å². The fourth-order valence-corrected chi connectivity index (χ4v) is 4.38. The van der Waals surface area contributed by atoms with Crippen molar-refractivity contribution in [3.8, 4) is 5.69 Å². The molecule has 0 bridgehead atoms. The second-order valence-electron chi connectivity index (χ2n) is 8.28. The van der Waals surface area contributed by atoms with Crippen molar-refractivity contribution in [2.45, 2.75) is 37.3 Å². The Morgan fingerprint density at radius 1 is 1.00 bits per heavy atom. The number of aromatic nitrogens is 4. The third-order valence-corrected chi connectivity index (χ3v) is 7.46. The molecule has 0 aliphatic heterocycles. The predicted molar refractivity (Wildman–Crippen MR) is 121 cm³/mol. The Bertz CT molecular complexity index is 1430. The molecule has 0 aliphatic carbocycles. The first-order valence-corrected chi connectivity index (χ1v) is 11.2. The molecule has 2 aromatic heterocycles. The number of fused-ring (bicyclic) bond motifs is 1. The van der Waals surface area contributed by atoms with Gasteiger partial charge in [0.1, 0.15) is 0 Å². The van der Waals surface area contributed by atoms with Gasteiger partial charge < -0.3 is 5.32 Å². The van der Waals surface area contributed by atoms with E-state index in [0.29, 0.717) is 28.1 Å². The van der Waals surface area contributed by atoms with Crippen molar-refractivity contribution < 1.29 is 8.42 Å². The van der Waals surface area contributed by atoms with Gasteiger partial charge in [-0.05, 0) is 58.0 Å². The maximum Gasteiger partial charge on any atom is 0.279 e. The first-order chi connectivity index (χ1) is 14.6. The van der Waals surface area contributed by atoms with E-state index in [1.165, 1.54) is 16.8 Å². The van der Waals surface area contributed by atoms with Crippen LogP contribution in [0.5, 0.6) is 0 Å². The highest BCUT2D eigenvalue weighted by Crippen LogP contribution is 2.26. The maximum absolute atomic E-state index is 13.1. The maximum atomic E-state index is 13.1. The number of benzene rings is 2. The van der Waals surface area contributed by atoms with Crippen molar-refractivity contribution in [2.24, 2.45) is 0 Å². The van der Waals surface area contributed by atoms with Gasteiger partial charge in [-0.3, -0.25) is 9.89 Å². The average molecular weight is 438 g/mol. The number of aryl methyl sites for hydroxylation is 1. The van der Waals surface area contributed by atoms with E-state index in [-0.39, 0.29) is 10.5 Å². The molecule has 4 rings (SSSR count). The van der Waals surface area contributed by atoms with Crippen LogP contribution in [0.4, 0.5) is 11.6 Å². The van der Waals surface area contributed by atoms with Gasteiger partial charge in [-0.1, -0.05) is 18.2 Å². The molecule has 0 unspecified atom stereocenters. The number of hydrogen-bond acceptors (Lipinski definition) is 6. The van der Waals surface area contributed by atoms with E-state index in [2.05, 4.69) is 20.6 Å². The summed E-state index contributed by atoms with van der Waals surface area (Å²) < 4.78 is 25.7. The van der Waals surface area contributed by atoms with Crippen LogP contribution in [0.25, 0.3) is 16.5 Å². The zero-order valence-electron chi connectivity index (χ0n) is 17.7. The molecule has 0 atom stereocenters. The Morgan fingerprint density at radius 2 is 1.65 bits per heavy atom. The number of nitrogens with one attached hydrogen (secondary N) is 2. The van der Waals surface area contributed by atoms with Crippen LogP contribution in [0.1, 0.15) is 26.5 Å². The van der Waals surface area contributed by atoms with Crippen molar-refractivity contribution >= 4 is 32.2 Å². The van der Waals surface area contributed by atoms with Crippen LogP contribution in [-0.4, -0.2) is 33.1 Å². The van der Waals surface area contributed by atoms with Crippen LogP contribution in [0.3, 0.4) is 0 Å². The second-order valence-corrected chi connectivity index (χ2v) is 11.0. The monoisotopic (exact) mass is 437 g/mol. The van der Waals surface area contributed by atoms with E-state index in [0.717, 1.165) is 5.69 Å². The zero-order valence-corrected chi connectivity index (χ0v) is 18.5. The summed E-state index contributed by atoms with van der Waals surface area (Å²) >= 11 is 0. The molecule has 0 spiro atoms. The molecule has 8 nitrogen and oxygen atoms in total. The molecular formula is C22H23N5O3S. The minimum atomic E-state index is -3.50. The summed E-state index contributed by atoms with van der Waals surface area (Å²) in [4.78, 5) is 13.3. The van der Waals surface area contributed by atoms with Crippen LogP contribution in [-0.2, 0) is 9.84 Å². The van der Waals surface area contributed by atoms with Crippen molar-refractivity contribution in [1.29, 1.82) is 0 Å². The van der Waals surface area contributed by atoms with Crippen LogP contribution >= 0.6 is 0 Å². The zero-order chi connectivity index (χ0) is 22.4. The Labute approximate surface area is 179 Å². The van der Waals surface area contributed by atoms with E-state index < -0.39 is 14.6 Å². The molecule has 0 fully saturated rings. The largest absolute Gasteiger partial charge is 0.321 e. The molecule has 2 N–H and O–H groups in total. The number of sulfone groups is 1. The van der Waals surface area contributed by atoms with Gasteiger partial charge in [0.15, 0.2) is 21.5 Å². The Balaban J connectivity index is 1.84. The summed E-state index contributed by atoms with van der Waals surface area (Å²) in [6.45, 7) is 6.85. The smallest absolute Gasteiger partial charge is 0.279 e. The summed E-state index contributed by atoms with van der Waals surface area (Å²) in [5.41, 5.74) is 1.05. The van der Waals surface area contributed by atoms with Crippen molar-refractivity contribution in [1.82, 2.24) is 20.0 Å². The van der Waals surface area contributed by atoms with E-state index in [4.69, 9.17) is 0 Å². The number of nitrogens with zero attached hydrogens (tertiary/aromatic N) is 3. The van der Waals surface area contributed by atoms with E-state index in [1.807, 2.05) is 25.1 Å². The Kier molecular flexibility index (Phi) is 4.93. The Morgan fingerprint density at radius 3 is 2.23 bits per heavy atom. The molecule has 0 radical (unpaired) electrons. The predicted octanol–water partition coefficient (Wildman–Crippen LogP) is 3.73. The molecule has 0 saturated heterocycles. The lowest BCUT2D eigenvalue weighted by atomic mass is 10.2. The molecule has 0 saturated carbocycles. The number of hydrogen-bond donors (Lipinski definition) is 2. The van der Waals surface area contributed by atoms with Gasteiger partial charge in [-0.25, -0.2) is 8.42 Å². The number of aromatic amines is 1. The van der Waals surface area contributed by atoms with Crippen molar-refractivity contribution in [3.05, 3.63) is 70.6 Å². The first kappa shape index (κ1) is 20.8. The summed E-state index contributed by atoms with van der Waals surface area (Å²) in [6.07, 6.45) is 0. The lowest BCUT2D eigenvalue weighted by molar-refractivity contribution is 0.560. The van der Waals surface area contributed by atoms with E-state index in [9.17, 15) is 13.2 Å². The molecule has 160 valence electrons. The summed E-state index contributed by atoms with van der Waals surface area (Å²) in [6, 6.07) is 15.2. The van der Waals surface area contributed by atoms with Gasteiger partial charge in [0, 0.05) is 17.1 Å². The lowest BCUT2D eigenvalue weighted by Gasteiger charge is -2.19. The standard InChI is InChI=1S/C22H23N5O3S/c1-14-13-19(25-24-14)23-20-17-7-5-6-8-18(17)21(28)27(26-20)15-9-11-16(12-10-15)31(29,30)22(2,3)4/h5-13H,1-4H3,(H2,23,24,25,26). The molecule has 0 amide bonds. The summed E-state index contributed by atoms with van der Waals surface area (Å²) in [5.74, 6) is 1.04. The number of anilines is 2. The minimum Gasteiger partial charge on any atom is -0.321 e. The number of rotatable bonds is 4. The van der Waals surface area contributed by atoms with Gasteiger partial charge in [0.05, 0.1) is 20.7 Å². The minimum absolute atomic E-state index is 0.197. The lowest BCUT2D eigenvalue weighted by Crippen LogP contribution is -2.28.